The Morgan fingerprint density at radius 2 is 2.06 bits per heavy atom. The van der Waals surface area contributed by atoms with Crippen molar-refractivity contribution in [1.29, 1.82) is 0 Å². The van der Waals surface area contributed by atoms with Crippen molar-refractivity contribution in [3.63, 3.8) is 0 Å². The molecule has 0 aliphatic heterocycles. The van der Waals surface area contributed by atoms with Crippen molar-refractivity contribution in [3.05, 3.63) is 34.8 Å². The van der Waals surface area contributed by atoms with Gasteiger partial charge in [-0.25, -0.2) is 4.98 Å². The van der Waals surface area contributed by atoms with Gasteiger partial charge in [0.1, 0.15) is 10.8 Å². The Bertz CT molecular complexity index is 534. The Balaban J connectivity index is 2.51. The third-order valence-corrected chi connectivity index (χ3v) is 3.84. The number of methoxy groups -OCH3 is 1. The van der Waals surface area contributed by atoms with Crippen LogP contribution in [0.4, 0.5) is 0 Å². The highest BCUT2D eigenvalue weighted by Crippen LogP contribution is 2.36. The monoisotopic (exact) mass is 263 g/mol. The van der Waals surface area contributed by atoms with Crippen LogP contribution >= 0.6 is 11.3 Å². The van der Waals surface area contributed by atoms with E-state index < -0.39 is 0 Å². The van der Waals surface area contributed by atoms with Crippen LogP contribution in [0.3, 0.4) is 0 Å². The number of para-hydroxylation sites is 1. The number of hydrogen-bond donors (Lipinski definition) is 1. The fraction of sp³-hybridized carbons (Fsp3) is 0.357. The van der Waals surface area contributed by atoms with Crippen LogP contribution < -0.4 is 4.74 Å². The SMILES string of the molecule is COc1ccccc1-c1nc(C(C)C)c(CO)s1. The Kier molecular flexibility index (Phi) is 3.99. The van der Waals surface area contributed by atoms with E-state index in [1.165, 1.54) is 11.3 Å². The van der Waals surface area contributed by atoms with Crippen LogP contribution in [0.2, 0.25) is 0 Å². The van der Waals surface area contributed by atoms with Crippen molar-refractivity contribution < 1.29 is 9.84 Å². The highest BCUT2D eigenvalue weighted by molar-refractivity contribution is 7.15. The summed E-state index contributed by atoms with van der Waals surface area (Å²) < 4.78 is 5.35. The van der Waals surface area contributed by atoms with Crippen LogP contribution in [0, 0.1) is 0 Å². The number of thiazole rings is 1. The molecule has 18 heavy (non-hydrogen) atoms. The fourth-order valence-electron chi connectivity index (χ4n) is 1.86. The first-order chi connectivity index (χ1) is 8.67. The van der Waals surface area contributed by atoms with Gasteiger partial charge >= 0.3 is 0 Å². The zero-order valence-corrected chi connectivity index (χ0v) is 11.6. The lowest BCUT2D eigenvalue weighted by Crippen LogP contribution is -1.93. The van der Waals surface area contributed by atoms with Crippen LogP contribution in [-0.2, 0) is 6.61 Å². The molecule has 0 aliphatic rings. The van der Waals surface area contributed by atoms with Gasteiger partial charge in [-0.2, -0.15) is 0 Å². The minimum absolute atomic E-state index is 0.0420. The predicted octanol–water partition coefficient (Wildman–Crippen LogP) is 3.43. The lowest BCUT2D eigenvalue weighted by atomic mass is 10.1. The van der Waals surface area contributed by atoms with E-state index in [4.69, 9.17) is 4.74 Å². The van der Waals surface area contributed by atoms with Crippen LogP contribution in [0.25, 0.3) is 10.6 Å². The molecular formula is C14H17NO2S. The van der Waals surface area contributed by atoms with E-state index in [1.807, 2.05) is 24.3 Å². The molecule has 0 bridgehead atoms. The van der Waals surface area contributed by atoms with Crippen molar-refractivity contribution in [2.24, 2.45) is 0 Å². The second kappa shape index (κ2) is 5.50. The first-order valence-electron chi connectivity index (χ1n) is 5.91. The van der Waals surface area contributed by atoms with Crippen LogP contribution in [0.1, 0.15) is 30.3 Å². The Hall–Kier alpha value is -1.39. The molecule has 0 spiro atoms. The molecule has 1 aromatic heterocycles. The van der Waals surface area contributed by atoms with Crippen molar-refractivity contribution in [2.45, 2.75) is 26.4 Å². The maximum atomic E-state index is 9.39. The van der Waals surface area contributed by atoms with E-state index in [0.717, 1.165) is 26.9 Å². The fourth-order valence-corrected chi connectivity index (χ4v) is 2.97. The molecule has 0 saturated heterocycles. The summed E-state index contributed by atoms with van der Waals surface area (Å²) in [5.41, 5.74) is 1.95. The van der Waals surface area contributed by atoms with Crippen molar-refractivity contribution in [2.75, 3.05) is 7.11 Å². The summed E-state index contributed by atoms with van der Waals surface area (Å²) >= 11 is 1.53. The molecule has 0 amide bonds. The number of aliphatic hydroxyl groups is 1. The van der Waals surface area contributed by atoms with E-state index in [1.54, 1.807) is 7.11 Å². The van der Waals surface area contributed by atoms with Crippen molar-refractivity contribution in [3.8, 4) is 16.3 Å². The summed E-state index contributed by atoms with van der Waals surface area (Å²) in [6.07, 6.45) is 0. The molecule has 3 nitrogen and oxygen atoms in total. The number of rotatable bonds is 4. The number of aromatic nitrogens is 1. The lowest BCUT2D eigenvalue weighted by molar-refractivity contribution is 0.283. The maximum Gasteiger partial charge on any atom is 0.129 e. The second-order valence-electron chi connectivity index (χ2n) is 4.34. The molecule has 0 aliphatic carbocycles. The van der Waals surface area contributed by atoms with E-state index in [2.05, 4.69) is 18.8 Å². The molecule has 0 atom stereocenters. The Labute approximate surface area is 111 Å². The number of aliphatic hydroxyl groups excluding tert-OH is 1. The first-order valence-corrected chi connectivity index (χ1v) is 6.72. The smallest absolute Gasteiger partial charge is 0.129 e. The molecule has 0 saturated carbocycles. The van der Waals surface area contributed by atoms with Gasteiger partial charge in [0, 0.05) is 0 Å². The number of hydrogen-bond acceptors (Lipinski definition) is 4. The number of ether oxygens (including phenoxy) is 1. The summed E-state index contributed by atoms with van der Waals surface area (Å²) in [6.45, 7) is 4.21. The molecule has 1 N–H and O–H groups in total. The van der Waals surface area contributed by atoms with Crippen LogP contribution in [0.15, 0.2) is 24.3 Å². The molecule has 2 aromatic rings. The average molecular weight is 263 g/mol. The van der Waals surface area contributed by atoms with Crippen molar-refractivity contribution in [1.82, 2.24) is 4.98 Å². The minimum atomic E-state index is 0.0420. The van der Waals surface area contributed by atoms with Gasteiger partial charge in [-0.1, -0.05) is 26.0 Å². The molecule has 96 valence electrons. The van der Waals surface area contributed by atoms with Gasteiger partial charge in [0.15, 0.2) is 0 Å². The third-order valence-electron chi connectivity index (χ3n) is 2.76. The normalized spacial score (nSPS) is 10.9. The average Bonchev–Trinajstić information content (AvgIpc) is 2.82. The molecule has 4 heteroatoms. The highest BCUT2D eigenvalue weighted by atomic mass is 32.1. The quantitative estimate of drug-likeness (QED) is 0.919. The summed E-state index contributed by atoms with van der Waals surface area (Å²) in [5.74, 6) is 1.12. The van der Waals surface area contributed by atoms with Gasteiger partial charge < -0.3 is 9.84 Å². The molecule has 1 heterocycles. The van der Waals surface area contributed by atoms with E-state index in [0.29, 0.717) is 5.92 Å². The van der Waals surface area contributed by atoms with E-state index in [-0.39, 0.29) is 6.61 Å². The van der Waals surface area contributed by atoms with E-state index in [9.17, 15) is 5.11 Å². The summed E-state index contributed by atoms with van der Waals surface area (Å²) in [6, 6.07) is 7.81. The zero-order valence-electron chi connectivity index (χ0n) is 10.8. The van der Waals surface area contributed by atoms with Crippen LogP contribution in [0.5, 0.6) is 5.75 Å². The van der Waals surface area contributed by atoms with Crippen molar-refractivity contribution >= 4 is 11.3 Å². The molecule has 2 rings (SSSR count). The second-order valence-corrected chi connectivity index (χ2v) is 5.42. The predicted molar refractivity (Wildman–Crippen MR) is 74.1 cm³/mol. The van der Waals surface area contributed by atoms with E-state index >= 15 is 0 Å². The minimum Gasteiger partial charge on any atom is -0.496 e. The Morgan fingerprint density at radius 1 is 1.33 bits per heavy atom. The first kappa shape index (κ1) is 13.1. The molecule has 0 radical (unpaired) electrons. The van der Waals surface area contributed by atoms with Gasteiger partial charge in [0.2, 0.25) is 0 Å². The molecule has 0 unspecified atom stereocenters. The molecule has 0 fully saturated rings. The maximum absolute atomic E-state index is 9.39. The van der Waals surface area contributed by atoms with Gasteiger partial charge in [-0.05, 0) is 18.1 Å². The molecular weight excluding hydrogens is 246 g/mol. The zero-order chi connectivity index (χ0) is 13.1. The number of benzene rings is 1. The molecule has 1 aromatic carbocycles. The van der Waals surface area contributed by atoms with Gasteiger partial charge in [0.25, 0.3) is 0 Å². The highest BCUT2D eigenvalue weighted by Gasteiger charge is 2.16. The van der Waals surface area contributed by atoms with Gasteiger partial charge in [-0.15, -0.1) is 11.3 Å². The largest absolute Gasteiger partial charge is 0.496 e. The standard InChI is InChI=1S/C14H17NO2S/c1-9(2)13-12(8-16)18-14(15-13)10-6-4-5-7-11(10)17-3/h4-7,9,16H,8H2,1-3H3. The van der Waals surface area contributed by atoms with Gasteiger partial charge in [-0.3, -0.25) is 0 Å². The topological polar surface area (TPSA) is 42.4 Å². The van der Waals surface area contributed by atoms with Crippen LogP contribution in [-0.4, -0.2) is 17.2 Å². The lowest BCUT2D eigenvalue weighted by Gasteiger charge is -2.04. The number of nitrogens with zero attached hydrogens (tertiary/aromatic N) is 1. The summed E-state index contributed by atoms with van der Waals surface area (Å²) in [4.78, 5) is 5.57. The summed E-state index contributed by atoms with van der Waals surface area (Å²) in [7, 11) is 1.66. The Morgan fingerprint density at radius 3 is 2.61 bits per heavy atom. The van der Waals surface area contributed by atoms with Gasteiger partial charge in [0.05, 0.1) is 29.9 Å². The summed E-state index contributed by atoms with van der Waals surface area (Å²) in [5, 5.41) is 10.3. The third kappa shape index (κ3) is 2.40.